The molecule has 1 aromatic carbocycles. The van der Waals surface area contributed by atoms with Crippen LogP contribution in [0.1, 0.15) is 31.1 Å². The number of carbonyl (C=O) groups is 1. The van der Waals surface area contributed by atoms with Crippen molar-refractivity contribution in [2.24, 2.45) is 0 Å². The normalized spacial score (nSPS) is 11.2. The lowest BCUT2D eigenvalue weighted by Gasteiger charge is -2.22. The first-order chi connectivity index (χ1) is 6.79. The summed E-state index contributed by atoms with van der Waals surface area (Å²) >= 11 is 5.78. The number of ether oxygens (including phenoxy) is 1. The fourth-order valence-corrected chi connectivity index (χ4v) is 1.25. The van der Waals surface area contributed by atoms with Gasteiger partial charge in [0.25, 0.3) is 0 Å². The van der Waals surface area contributed by atoms with Gasteiger partial charge in [0, 0.05) is 5.02 Å². The number of aromatic carboxylic acids is 1. The molecule has 0 fully saturated rings. The molecule has 0 heterocycles. The average molecular weight is 229 g/mol. The van der Waals surface area contributed by atoms with E-state index >= 15 is 0 Å². The Morgan fingerprint density at radius 2 is 2.00 bits per heavy atom. The fraction of sp³-hybridized carbons (Fsp3) is 0.364. The van der Waals surface area contributed by atoms with Crippen LogP contribution in [0.15, 0.2) is 18.2 Å². The Kier molecular flexibility index (Phi) is 3.25. The minimum atomic E-state index is -1.02. The van der Waals surface area contributed by atoms with Crippen molar-refractivity contribution in [3.63, 3.8) is 0 Å². The van der Waals surface area contributed by atoms with E-state index in [9.17, 15) is 4.79 Å². The second-order valence-corrected chi connectivity index (χ2v) is 4.60. The summed E-state index contributed by atoms with van der Waals surface area (Å²) in [6.07, 6.45) is 0. The second-order valence-electron chi connectivity index (χ2n) is 4.16. The van der Waals surface area contributed by atoms with E-state index in [0.717, 1.165) is 0 Å². The summed E-state index contributed by atoms with van der Waals surface area (Å²) in [5.74, 6) is -0.728. The van der Waals surface area contributed by atoms with Gasteiger partial charge in [-0.2, -0.15) is 0 Å². The smallest absolute Gasteiger partial charge is 0.339 e. The van der Waals surface area contributed by atoms with Crippen LogP contribution in [0.2, 0.25) is 5.02 Å². The topological polar surface area (TPSA) is 46.5 Å². The Labute approximate surface area is 93.6 Å². The molecule has 0 amide bonds. The van der Waals surface area contributed by atoms with E-state index in [2.05, 4.69) is 0 Å². The summed E-state index contributed by atoms with van der Waals surface area (Å²) in [6.45, 7) is 5.54. The summed E-state index contributed by atoms with van der Waals surface area (Å²) < 4.78 is 5.51. The van der Waals surface area contributed by atoms with Crippen LogP contribution in [0.5, 0.6) is 5.75 Å². The molecular weight excluding hydrogens is 216 g/mol. The van der Waals surface area contributed by atoms with Gasteiger partial charge in [-0.1, -0.05) is 11.6 Å². The summed E-state index contributed by atoms with van der Waals surface area (Å²) in [5.41, 5.74) is -0.330. The van der Waals surface area contributed by atoms with Crippen molar-refractivity contribution in [3.05, 3.63) is 28.8 Å². The summed E-state index contributed by atoms with van der Waals surface area (Å²) in [5, 5.41) is 9.39. The highest BCUT2D eigenvalue weighted by Gasteiger charge is 2.18. The van der Waals surface area contributed by atoms with Gasteiger partial charge in [-0.25, -0.2) is 4.79 Å². The molecule has 1 N–H and O–H groups in total. The highest BCUT2D eigenvalue weighted by atomic mass is 35.5. The number of benzene rings is 1. The lowest BCUT2D eigenvalue weighted by Crippen LogP contribution is -2.24. The van der Waals surface area contributed by atoms with Gasteiger partial charge in [0.15, 0.2) is 0 Å². The summed E-state index contributed by atoms with van der Waals surface area (Å²) in [6, 6.07) is 4.47. The number of rotatable bonds is 2. The van der Waals surface area contributed by atoms with Gasteiger partial charge in [0.05, 0.1) is 0 Å². The first kappa shape index (κ1) is 11.9. The minimum absolute atomic E-state index is 0.120. The third-order valence-corrected chi connectivity index (χ3v) is 1.83. The SMILES string of the molecule is CC(C)(C)Oc1cc(Cl)ccc1C(=O)O. The van der Waals surface area contributed by atoms with Gasteiger partial charge >= 0.3 is 5.97 Å². The van der Waals surface area contributed by atoms with Crippen molar-refractivity contribution in [3.8, 4) is 5.75 Å². The van der Waals surface area contributed by atoms with Crippen LogP contribution in [0.4, 0.5) is 0 Å². The van der Waals surface area contributed by atoms with Crippen LogP contribution in [-0.4, -0.2) is 16.7 Å². The Balaban J connectivity index is 3.13. The van der Waals surface area contributed by atoms with Gasteiger partial charge in [-0.05, 0) is 39.0 Å². The molecule has 0 aromatic heterocycles. The van der Waals surface area contributed by atoms with E-state index in [0.29, 0.717) is 10.8 Å². The third-order valence-electron chi connectivity index (χ3n) is 1.59. The maximum atomic E-state index is 10.9. The first-order valence-electron chi connectivity index (χ1n) is 4.51. The highest BCUT2D eigenvalue weighted by Crippen LogP contribution is 2.26. The minimum Gasteiger partial charge on any atom is -0.487 e. The monoisotopic (exact) mass is 228 g/mol. The Morgan fingerprint density at radius 3 is 2.47 bits per heavy atom. The van der Waals surface area contributed by atoms with Crippen molar-refractivity contribution in [1.29, 1.82) is 0 Å². The maximum absolute atomic E-state index is 10.9. The zero-order valence-corrected chi connectivity index (χ0v) is 9.63. The zero-order chi connectivity index (χ0) is 11.6. The van der Waals surface area contributed by atoms with E-state index in [1.54, 1.807) is 0 Å². The molecule has 0 unspecified atom stereocenters. The summed E-state index contributed by atoms with van der Waals surface area (Å²) in [4.78, 5) is 10.9. The molecule has 0 bridgehead atoms. The number of hydrogen-bond acceptors (Lipinski definition) is 2. The second kappa shape index (κ2) is 4.11. The Morgan fingerprint density at radius 1 is 1.40 bits per heavy atom. The van der Waals surface area contributed by atoms with Crippen molar-refractivity contribution >= 4 is 17.6 Å². The molecule has 1 aromatic rings. The van der Waals surface area contributed by atoms with Gasteiger partial charge in [-0.3, -0.25) is 0 Å². The zero-order valence-electron chi connectivity index (χ0n) is 8.87. The van der Waals surface area contributed by atoms with E-state index in [-0.39, 0.29) is 5.56 Å². The van der Waals surface area contributed by atoms with Gasteiger partial charge in [-0.15, -0.1) is 0 Å². The molecule has 1 rings (SSSR count). The molecule has 0 aliphatic carbocycles. The van der Waals surface area contributed by atoms with Crippen molar-refractivity contribution < 1.29 is 14.6 Å². The molecule has 0 atom stereocenters. The molecule has 0 saturated carbocycles. The number of carboxylic acids is 1. The van der Waals surface area contributed by atoms with Crippen molar-refractivity contribution in [2.75, 3.05) is 0 Å². The van der Waals surface area contributed by atoms with Crippen LogP contribution in [0.25, 0.3) is 0 Å². The van der Waals surface area contributed by atoms with Crippen LogP contribution < -0.4 is 4.74 Å². The van der Waals surface area contributed by atoms with E-state index in [1.807, 2.05) is 20.8 Å². The van der Waals surface area contributed by atoms with Gasteiger partial charge in [0.1, 0.15) is 16.9 Å². The maximum Gasteiger partial charge on any atom is 0.339 e. The van der Waals surface area contributed by atoms with E-state index in [4.69, 9.17) is 21.4 Å². The standard InChI is InChI=1S/C11H13ClO3/c1-11(2,3)15-9-6-7(12)4-5-8(9)10(13)14/h4-6H,1-3H3,(H,13,14). The Hall–Kier alpha value is -1.22. The average Bonchev–Trinajstić information content (AvgIpc) is 1.99. The number of hydrogen-bond donors (Lipinski definition) is 1. The largest absolute Gasteiger partial charge is 0.487 e. The lowest BCUT2D eigenvalue weighted by molar-refractivity contribution is 0.0681. The molecule has 4 heteroatoms. The molecule has 0 saturated heterocycles. The van der Waals surface area contributed by atoms with Crippen LogP contribution in [-0.2, 0) is 0 Å². The molecule has 0 aliphatic heterocycles. The molecule has 0 aliphatic rings. The quantitative estimate of drug-likeness (QED) is 0.846. The Bertz CT molecular complexity index is 380. The predicted molar refractivity (Wildman–Crippen MR) is 58.8 cm³/mol. The molecule has 0 radical (unpaired) electrons. The van der Waals surface area contributed by atoms with E-state index in [1.165, 1.54) is 18.2 Å². The summed E-state index contributed by atoms with van der Waals surface area (Å²) in [7, 11) is 0. The fourth-order valence-electron chi connectivity index (χ4n) is 1.09. The lowest BCUT2D eigenvalue weighted by atomic mass is 10.1. The molecule has 0 spiro atoms. The van der Waals surface area contributed by atoms with Crippen LogP contribution >= 0.6 is 11.6 Å². The molecular formula is C11H13ClO3. The number of halogens is 1. The first-order valence-corrected chi connectivity index (χ1v) is 4.89. The molecule has 15 heavy (non-hydrogen) atoms. The van der Waals surface area contributed by atoms with Gasteiger partial charge in [0.2, 0.25) is 0 Å². The molecule has 82 valence electrons. The predicted octanol–water partition coefficient (Wildman–Crippen LogP) is 3.22. The van der Waals surface area contributed by atoms with Crippen molar-refractivity contribution in [1.82, 2.24) is 0 Å². The van der Waals surface area contributed by atoms with Crippen LogP contribution in [0, 0.1) is 0 Å². The van der Waals surface area contributed by atoms with Gasteiger partial charge < -0.3 is 9.84 Å². The number of carboxylic acid groups (broad SMARTS) is 1. The van der Waals surface area contributed by atoms with Crippen LogP contribution in [0.3, 0.4) is 0 Å². The van der Waals surface area contributed by atoms with Crippen molar-refractivity contribution in [2.45, 2.75) is 26.4 Å². The van der Waals surface area contributed by atoms with E-state index < -0.39 is 11.6 Å². The molecule has 3 nitrogen and oxygen atoms in total. The highest BCUT2D eigenvalue weighted by molar-refractivity contribution is 6.30. The third kappa shape index (κ3) is 3.44.